The molecule has 4 rings (SSSR count). The van der Waals surface area contributed by atoms with Gasteiger partial charge in [-0.3, -0.25) is 9.59 Å². The number of carbonyl (C=O) groups excluding carboxylic acids is 2. The summed E-state index contributed by atoms with van der Waals surface area (Å²) in [4.78, 5) is 27.5. The lowest BCUT2D eigenvalue weighted by Gasteiger charge is -2.15. The quantitative estimate of drug-likeness (QED) is 0.653. The maximum absolute atomic E-state index is 13.7. The summed E-state index contributed by atoms with van der Waals surface area (Å²) in [5.41, 5.74) is 4.08. The van der Waals surface area contributed by atoms with E-state index in [0.29, 0.717) is 11.3 Å². The van der Waals surface area contributed by atoms with Gasteiger partial charge in [0.15, 0.2) is 0 Å². The number of imide groups is 1. The van der Waals surface area contributed by atoms with Crippen molar-refractivity contribution in [2.45, 2.75) is 13.8 Å². The first-order valence-corrected chi connectivity index (χ1v) is 9.23. The molecule has 0 saturated heterocycles. The molecule has 0 unspecified atom stereocenters. The van der Waals surface area contributed by atoms with Gasteiger partial charge >= 0.3 is 0 Å². The van der Waals surface area contributed by atoms with Crippen LogP contribution in [-0.4, -0.2) is 11.8 Å². The van der Waals surface area contributed by atoms with Crippen LogP contribution in [0.25, 0.3) is 5.57 Å². The minimum atomic E-state index is -0.517. The van der Waals surface area contributed by atoms with Crippen molar-refractivity contribution in [3.05, 3.63) is 101 Å². The molecule has 0 saturated carbocycles. The zero-order valence-electron chi connectivity index (χ0n) is 16.1. The first-order chi connectivity index (χ1) is 13.9. The van der Waals surface area contributed by atoms with Crippen molar-refractivity contribution in [1.82, 2.24) is 0 Å². The SMILES string of the molecule is Cc1ccc(NC2=C(c3ccc(C)cc3)C(=O)N(c3cccc(F)c3)C2=O)cc1. The summed E-state index contributed by atoms with van der Waals surface area (Å²) < 4.78 is 13.7. The van der Waals surface area contributed by atoms with Gasteiger partial charge in [-0.05, 0) is 49.7 Å². The second-order valence-corrected chi connectivity index (χ2v) is 7.03. The van der Waals surface area contributed by atoms with Gasteiger partial charge in [0, 0.05) is 5.69 Å². The number of aryl methyl sites for hydroxylation is 2. The molecule has 1 aliphatic heterocycles. The number of halogens is 1. The summed E-state index contributed by atoms with van der Waals surface area (Å²) in [5, 5.41) is 3.10. The maximum atomic E-state index is 13.7. The van der Waals surface area contributed by atoms with Crippen LogP contribution < -0.4 is 10.2 Å². The van der Waals surface area contributed by atoms with Gasteiger partial charge in [0.1, 0.15) is 11.5 Å². The number of carbonyl (C=O) groups is 2. The Labute approximate surface area is 168 Å². The van der Waals surface area contributed by atoms with Crippen LogP contribution >= 0.6 is 0 Å². The molecule has 5 heteroatoms. The highest BCUT2D eigenvalue weighted by molar-refractivity contribution is 6.46. The third kappa shape index (κ3) is 3.55. The van der Waals surface area contributed by atoms with Crippen LogP contribution in [0.5, 0.6) is 0 Å². The highest BCUT2D eigenvalue weighted by Gasteiger charge is 2.40. The first-order valence-electron chi connectivity index (χ1n) is 9.23. The molecule has 0 atom stereocenters. The van der Waals surface area contributed by atoms with Crippen LogP contribution in [0.2, 0.25) is 0 Å². The minimum absolute atomic E-state index is 0.173. The van der Waals surface area contributed by atoms with E-state index in [0.717, 1.165) is 16.0 Å². The number of amides is 2. The van der Waals surface area contributed by atoms with Crippen molar-refractivity contribution >= 4 is 28.8 Å². The molecule has 4 nitrogen and oxygen atoms in total. The highest BCUT2D eigenvalue weighted by atomic mass is 19.1. The van der Waals surface area contributed by atoms with E-state index >= 15 is 0 Å². The second-order valence-electron chi connectivity index (χ2n) is 7.03. The van der Waals surface area contributed by atoms with E-state index < -0.39 is 17.6 Å². The van der Waals surface area contributed by atoms with Crippen LogP contribution in [0.3, 0.4) is 0 Å². The maximum Gasteiger partial charge on any atom is 0.282 e. The summed E-state index contributed by atoms with van der Waals surface area (Å²) in [6.07, 6.45) is 0. The Hall–Kier alpha value is -3.73. The highest BCUT2D eigenvalue weighted by Crippen LogP contribution is 2.34. The fourth-order valence-electron chi connectivity index (χ4n) is 3.26. The first kappa shape index (κ1) is 18.6. The molecule has 1 N–H and O–H groups in total. The molecule has 29 heavy (non-hydrogen) atoms. The molecule has 3 aromatic carbocycles. The van der Waals surface area contributed by atoms with Crippen molar-refractivity contribution < 1.29 is 14.0 Å². The topological polar surface area (TPSA) is 49.4 Å². The molecule has 0 radical (unpaired) electrons. The van der Waals surface area contributed by atoms with Gasteiger partial charge in [0.2, 0.25) is 0 Å². The lowest BCUT2D eigenvalue weighted by Crippen LogP contribution is -2.32. The van der Waals surface area contributed by atoms with Crippen LogP contribution in [0.4, 0.5) is 15.8 Å². The Kier molecular flexibility index (Phi) is 4.72. The predicted octanol–water partition coefficient (Wildman–Crippen LogP) is 4.84. The zero-order valence-corrected chi connectivity index (χ0v) is 16.1. The number of anilines is 2. The van der Waals surface area contributed by atoms with Crippen molar-refractivity contribution in [2.75, 3.05) is 10.2 Å². The van der Waals surface area contributed by atoms with Crippen molar-refractivity contribution in [3.8, 4) is 0 Å². The van der Waals surface area contributed by atoms with Crippen molar-refractivity contribution in [3.63, 3.8) is 0 Å². The monoisotopic (exact) mass is 386 g/mol. The van der Waals surface area contributed by atoms with E-state index in [9.17, 15) is 14.0 Å². The van der Waals surface area contributed by atoms with Gasteiger partial charge < -0.3 is 5.32 Å². The number of rotatable bonds is 4. The third-order valence-corrected chi connectivity index (χ3v) is 4.81. The van der Waals surface area contributed by atoms with Crippen LogP contribution in [0.1, 0.15) is 16.7 Å². The largest absolute Gasteiger partial charge is 0.350 e. The zero-order chi connectivity index (χ0) is 20.5. The summed E-state index contributed by atoms with van der Waals surface area (Å²) in [6.45, 7) is 3.92. The van der Waals surface area contributed by atoms with Crippen molar-refractivity contribution in [2.24, 2.45) is 0 Å². The average Bonchev–Trinajstić information content (AvgIpc) is 2.94. The lowest BCUT2D eigenvalue weighted by atomic mass is 10.0. The van der Waals surface area contributed by atoms with Gasteiger partial charge in [-0.15, -0.1) is 0 Å². The molecule has 3 aromatic rings. The molecular formula is C24H19FN2O2. The molecule has 0 bridgehead atoms. The minimum Gasteiger partial charge on any atom is -0.350 e. The second kappa shape index (κ2) is 7.36. The Morgan fingerprint density at radius 1 is 0.793 bits per heavy atom. The van der Waals surface area contributed by atoms with Gasteiger partial charge in [-0.1, -0.05) is 53.6 Å². The molecule has 0 aliphatic carbocycles. The van der Waals surface area contributed by atoms with E-state index in [-0.39, 0.29) is 17.0 Å². The lowest BCUT2D eigenvalue weighted by molar-refractivity contribution is -0.120. The normalized spacial score (nSPS) is 14.0. The smallest absolute Gasteiger partial charge is 0.282 e. The molecule has 0 fully saturated rings. The number of nitrogens with zero attached hydrogens (tertiary/aromatic N) is 1. The fourth-order valence-corrected chi connectivity index (χ4v) is 3.26. The van der Waals surface area contributed by atoms with Gasteiger partial charge in [-0.25, -0.2) is 9.29 Å². The summed E-state index contributed by atoms with van der Waals surface area (Å²) in [7, 11) is 0. The fraction of sp³-hybridized carbons (Fsp3) is 0.0833. The van der Waals surface area contributed by atoms with Crippen LogP contribution in [0, 0.1) is 19.7 Å². The molecule has 1 heterocycles. The molecule has 0 aromatic heterocycles. The predicted molar refractivity (Wildman–Crippen MR) is 112 cm³/mol. The van der Waals surface area contributed by atoms with E-state index in [2.05, 4.69) is 5.32 Å². The number of hydrogen-bond donors (Lipinski definition) is 1. The van der Waals surface area contributed by atoms with Gasteiger partial charge in [0.25, 0.3) is 11.8 Å². The Bertz CT molecular complexity index is 1130. The summed E-state index contributed by atoms with van der Waals surface area (Å²) >= 11 is 0. The standard InChI is InChI=1S/C24H19FN2O2/c1-15-6-10-17(11-7-15)21-22(26-19-12-8-16(2)9-13-19)24(29)27(23(21)28)20-5-3-4-18(25)14-20/h3-14,26H,1-2H3. The molecular weight excluding hydrogens is 367 g/mol. The average molecular weight is 386 g/mol. The van der Waals surface area contributed by atoms with Crippen LogP contribution in [0.15, 0.2) is 78.5 Å². The third-order valence-electron chi connectivity index (χ3n) is 4.81. The Morgan fingerprint density at radius 3 is 2.03 bits per heavy atom. The Balaban J connectivity index is 1.82. The van der Waals surface area contributed by atoms with Gasteiger partial charge in [0.05, 0.1) is 11.3 Å². The summed E-state index contributed by atoms with van der Waals surface area (Å²) in [5.74, 6) is -1.52. The molecule has 2 amide bonds. The molecule has 144 valence electrons. The van der Waals surface area contributed by atoms with Crippen LogP contribution in [-0.2, 0) is 9.59 Å². The van der Waals surface area contributed by atoms with E-state index in [1.807, 2.05) is 62.4 Å². The number of hydrogen-bond acceptors (Lipinski definition) is 3. The van der Waals surface area contributed by atoms with E-state index in [4.69, 9.17) is 0 Å². The van der Waals surface area contributed by atoms with E-state index in [1.165, 1.54) is 18.2 Å². The molecule has 0 spiro atoms. The molecule has 1 aliphatic rings. The number of nitrogens with one attached hydrogen (secondary N) is 1. The number of benzene rings is 3. The van der Waals surface area contributed by atoms with Gasteiger partial charge in [-0.2, -0.15) is 0 Å². The van der Waals surface area contributed by atoms with E-state index in [1.54, 1.807) is 6.07 Å². The summed E-state index contributed by atoms with van der Waals surface area (Å²) in [6, 6.07) is 20.4. The Morgan fingerprint density at radius 2 is 1.41 bits per heavy atom. The van der Waals surface area contributed by atoms with Crippen molar-refractivity contribution in [1.29, 1.82) is 0 Å².